The van der Waals surface area contributed by atoms with Gasteiger partial charge < -0.3 is 0 Å². The minimum Gasteiger partial charge on any atom is -0.264 e. The summed E-state index contributed by atoms with van der Waals surface area (Å²) in [7, 11) is 0. The van der Waals surface area contributed by atoms with E-state index < -0.39 is 0 Å². The fourth-order valence-electron chi connectivity index (χ4n) is 2.68. The molecule has 1 unspecified atom stereocenters. The van der Waals surface area contributed by atoms with Crippen molar-refractivity contribution in [1.82, 2.24) is 19.6 Å². The molecule has 3 aromatic heterocycles. The van der Waals surface area contributed by atoms with E-state index >= 15 is 0 Å². The quantitative estimate of drug-likeness (QED) is 0.719. The average Bonchev–Trinajstić information content (AvgIpc) is 3.10. The van der Waals surface area contributed by atoms with E-state index in [0.29, 0.717) is 17.0 Å². The second kappa shape index (κ2) is 4.03. The molecule has 1 fully saturated rings. The maximum atomic E-state index is 6.07. The summed E-state index contributed by atoms with van der Waals surface area (Å²) in [5, 5.41) is 4.72. The smallest absolute Gasteiger partial charge is 0.157 e. The largest absolute Gasteiger partial charge is 0.264 e. The fraction of sp³-hybridized carbons (Fsp3) is 0.214. The van der Waals surface area contributed by atoms with E-state index in [1.54, 1.807) is 16.9 Å². The van der Waals surface area contributed by atoms with Gasteiger partial charge in [0.2, 0.25) is 0 Å². The number of hydrogen-bond acceptors (Lipinski definition) is 3. The Balaban J connectivity index is 1.75. The molecule has 4 nitrogen and oxygen atoms in total. The van der Waals surface area contributed by atoms with Gasteiger partial charge in [-0.1, -0.05) is 17.7 Å². The number of nitrogens with zero attached hydrogens (tertiary/aromatic N) is 4. The van der Waals surface area contributed by atoms with E-state index in [9.17, 15) is 0 Å². The Morgan fingerprint density at radius 1 is 1.26 bits per heavy atom. The Hall–Kier alpha value is -1.94. The summed E-state index contributed by atoms with van der Waals surface area (Å²) >= 11 is 6.07. The molecule has 0 radical (unpaired) electrons. The molecule has 0 saturated heterocycles. The topological polar surface area (TPSA) is 43.1 Å². The molecular formula is C14H11ClN4. The van der Waals surface area contributed by atoms with E-state index in [0.717, 1.165) is 12.1 Å². The average molecular weight is 271 g/mol. The van der Waals surface area contributed by atoms with Crippen molar-refractivity contribution in [3.05, 3.63) is 59.3 Å². The standard InChI is InChI=1S/C14H11ClN4/c15-13-7-12(14-17-4-5-19(14)18-13)11-6-10(11)9-2-1-3-16-8-9/h1-5,7-8,10-11H,6H2/t10?,11-/m0/s1. The summed E-state index contributed by atoms with van der Waals surface area (Å²) < 4.78 is 1.75. The summed E-state index contributed by atoms with van der Waals surface area (Å²) in [6.45, 7) is 0. The van der Waals surface area contributed by atoms with Crippen LogP contribution in [0.4, 0.5) is 0 Å². The number of aromatic nitrogens is 4. The predicted molar refractivity (Wildman–Crippen MR) is 72.3 cm³/mol. The van der Waals surface area contributed by atoms with Gasteiger partial charge in [-0.25, -0.2) is 9.50 Å². The van der Waals surface area contributed by atoms with Crippen molar-refractivity contribution < 1.29 is 0 Å². The predicted octanol–water partition coefficient (Wildman–Crippen LogP) is 3.05. The molecule has 0 aliphatic heterocycles. The van der Waals surface area contributed by atoms with Crippen molar-refractivity contribution in [3.63, 3.8) is 0 Å². The van der Waals surface area contributed by atoms with Crippen LogP contribution in [0.2, 0.25) is 5.15 Å². The van der Waals surface area contributed by atoms with Crippen LogP contribution < -0.4 is 0 Å². The summed E-state index contributed by atoms with van der Waals surface area (Å²) in [6.07, 6.45) is 8.44. The van der Waals surface area contributed by atoms with Crippen molar-refractivity contribution in [1.29, 1.82) is 0 Å². The third-order valence-corrected chi connectivity index (χ3v) is 3.84. The molecule has 5 heteroatoms. The zero-order valence-corrected chi connectivity index (χ0v) is 10.8. The van der Waals surface area contributed by atoms with Gasteiger partial charge in [-0.3, -0.25) is 4.98 Å². The van der Waals surface area contributed by atoms with Gasteiger partial charge in [-0.05, 0) is 36.0 Å². The molecule has 0 N–H and O–H groups in total. The molecule has 0 aromatic carbocycles. The second-order valence-electron chi connectivity index (χ2n) is 4.85. The Labute approximate surface area is 115 Å². The first-order valence-corrected chi connectivity index (χ1v) is 6.60. The van der Waals surface area contributed by atoms with Crippen LogP contribution in [0.1, 0.15) is 29.4 Å². The van der Waals surface area contributed by atoms with E-state index in [1.807, 2.05) is 24.5 Å². The molecule has 3 aromatic rings. The van der Waals surface area contributed by atoms with Gasteiger partial charge in [0.05, 0.1) is 0 Å². The number of pyridine rings is 1. The molecule has 94 valence electrons. The molecule has 0 spiro atoms. The van der Waals surface area contributed by atoms with Crippen molar-refractivity contribution in [2.24, 2.45) is 0 Å². The minimum absolute atomic E-state index is 0.467. The Bertz CT molecular complexity index is 738. The highest BCUT2D eigenvalue weighted by Crippen LogP contribution is 2.55. The van der Waals surface area contributed by atoms with Crippen LogP contribution in [-0.2, 0) is 0 Å². The van der Waals surface area contributed by atoms with Gasteiger partial charge in [0.25, 0.3) is 0 Å². The SMILES string of the molecule is Clc1cc([C@H]2CC2c2cccnc2)c2nccn2n1. The van der Waals surface area contributed by atoms with Gasteiger partial charge in [0.15, 0.2) is 5.65 Å². The monoisotopic (exact) mass is 270 g/mol. The third kappa shape index (κ3) is 1.79. The maximum absolute atomic E-state index is 6.07. The molecule has 1 aliphatic rings. The van der Waals surface area contributed by atoms with Gasteiger partial charge in [0.1, 0.15) is 5.15 Å². The summed E-state index contributed by atoms with van der Waals surface area (Å²) in [4.78, 5) is 8.56. The van der Waals surface area contributed by atoms with Crippen molar-refractivity contribution in [2.45, 2.75) is 18.3 Å². The molecular weight excluding hydrogens is 260 g/mol. The van der Waals surface area contributed by atoms with Crippen molar-refractivity contribution in [2.75, 3.05) is 0 Å². The lowest BCUT2D eigenvalue weighted by Crippen LogP contribution is -1.96. The second-order valence-corrected chi connectivity index (χ2v) is 5.24. The highest BCUT2D eigenvalue weighted by molar-refractivity contribution is 6.29. The Morgan fingerprint density at radius 3 is 3.05 bits per heavy atom. The molecule has 19 heavy (non-hydrogen) atoms. The van der Waals surface area contributed by atoms with Crippen molar-refractivity contribution in [3.8, 4) is 0 Å². The van der Waals surface area contributed by atoms with Gasteiger partial charge >= 0.3 is 0 Å². The lowest BCUT2D eigenvalue weighted by molar-refractivity contribution is 0.905. The number of hydrogen-bond donors (Lipinski definition) is 0. The zero-order chi connectivity index (χ0) is 12.8. The van der Waals surface area contributed by atoms with Crippen LogP contribution in [0.15, 0.2) is 43.0 Å². The highest BCUT2D eigenvalue weighted by Gasteiger charge is 2.41. The van der Waals surface area contributed by atoms with Crippen molar-refractivity contribution >= 4 is 17.2 Å². The molecule has 4 rings (SSSR count). The van der Waals surface area contributed by atoms with E-state index in [1.165, 1.54) is 11.1 Å². The third-order valence-electron chi connectivity index (χ3n) is 3.66. The summed E-state index contributed by atoms with van der Waals surface area (Å²) in [5.41, 5.74) is 3.37. The molecule has 0 amide bonds. The fourth-order valence-corrected chi connectivity index (χ4v) is 2.88. The highest BCUT2D eigenvalue weighted by atomic mass is 35.5. The minimum atomic E-state index is 0.467. The zero-order valence-electron chi connectivity index (χ0n) is 10.1. The molecule has 1 aliphatic carbocycles. The van der Waals surface area contributed by atoms with Gasteiger partial charge in [-0.15, -0.1) is 0 Å². The lowest BCUT2D eigenvalue weighted by Gasteiger charge is -2.04. The lowest BCUT2D eigenvalue weighted by atomic mass is 10.1. The van der Waals surface area contributed by atoms with E-state index in [2.05, 4.69) is 21.1 Å². The number of rotatable bonds is 2. The van der Waals surface area contributed by atoms with Crippen LogP contribution in [0.3, 0.4) is 0 Å². The first-order valence-electron chi connectivity index (χ1n) is 6.22. The number of fused-ring (bicyclic) bond motifs is 1. The summed E-state index contributed by atoms with van der Waals surface area (Å²) in [6, 6.07) is 6.05. The van der Waals surface area contributed by atoms with Gasteiger partial charge in [0, 0.05) is 30.4 Å². The van der Waals surface area contributed by atoms with Gasteiger partial charge in [-0.2, -0.15) is 5.10 Å². The Morgan fingerprint density at radius 2 is 2.21 bits per heavy atom. The van der Waals surface area contributed by atoms with Crippen LogP contribution in [0.5, 0.6) is 0 Å². The molecule has 0 bridgehead atoms. The first-order chi connectivity index (χ1) is 9.33. The number of halogens is 1. The van der Waals surface area contributed by atoms with Crippen LogP contribution in [-0.4, -0.2) is 19.6 Å². The summed E-state index contributed by atoms with van der Waals surface area (Å²) in [5.74, 6) is 0.988. The van der Waals surface area contributed by atoms with Crippen LogP contribution >= 0.6 is 11.6 Å². The molecule has 3 heterocycles. The van der Waals surface area contributed by atoms with E-state index in [-0.39, 0.29) is 0 Å². The Kier molecular flexibility index (Phi) is 2.32. The van der Waals surface area contributed by atoms with Crippen LogP contribution in [0.25, 0.3) is 5.65 Å². The molecule has 2 atom stereocenters. The number of imidazole rings is 1. The van der Waals surface area contributed by atoms with Crippen LogP contribution in [0, 0.1) is 0 Å². The maximum Gasteiger partial charge on any atom is 0.157 e. The molecule has 1 saturated carbocycles. The van der Waals surface area contributed by atoms with E-state index in [4.69, 9.17) is 11.6 Å². The first kappa shape index (κ1) is 10.9. The normalized spacial score (nSPS) is 21.7.